The standard InChI is InChI=1S/C22H23Cl2N3O3S/c1-2-30-18-4-3-5-19-20(18)25-22(31-19)27(9-8-26-10-12-29-13-11-26)21(28)16-7-6-15(23)14-17(16)24/h3-7,14H,2,8-13H2,1H3. The number of nitrogens with zero attached hydrogens (tertiary/aromatic N) is 3. The highest BCUT2D eigenvalue weighted by molar-refractivity contribution is 7.22. The van der Waals surface area contributed by atoms with Gasteiger partial charge in [-0.25, -0.2) is 4.98 Å². The van der Waals surface area contributed by atoms with Crippen LogP contribution < -0.4 is 9.64 Å². The molecule has 0 atom stereocenters. The fraction of sp³-hybridized carbons (Fsp3) is 0.364. The molecular formula is C22H23Cl2N3O3S. The van der Waals surface area contributed by atoms with Gasteiger partial charge in [-0.1, -0.05) is 40.6 Å². The summed E-state index contributed by atoms with van der Waals surface area (Å²) in [5, 5.41) is 1.43. The second kappa shape index (κ2) is 10.1. The van der Waals surface area contributed by atoms with Crippen molar-refractivity contribution in [1.82, 2.24) is 9.88 Å². The van der Waals surface area contributed by atoms with Gasteiger partial charge in [0.2, 0.25) is 0 Å². The smallest absolute Gasteiger partial charge is 0.261 e. The van der Waals surface area contributed by atoms with Gasteiger partial charge in [0.1, 0.15) is 11.3 Å². The Kier molecular flexibility index (Phi) is 7.30. The van der Waals surface area contributed by atoms with Crippen LogP contribution in [0.5, 0.6) is 5.75 Å². The summed E-state index contributed by atoms with van der Waals surface area (Å²) < 4.78 is 12.1. The van der Waals surface area contributed by atoms with Crippen molar-refractivity contribution in [2.24, 2.45) is 0 Å². The van der Waals surface area contributed by atoms with E-state index in [-0.39, 0.29) is 5.91 Å². The average Bonchev–Trinajstić information content (AvgIpc) is 3.20. The number of carbonyl (C=O) groups is 1. The summed E-state index contributed by atoms with van der Waals surface area (Å²) in [6.07, 6.45) is 0. The molecule has 0 saturated carbocycles. The number of thiazole rings is 1. The van der Waals surface area contributed by atoms with Gasteiger partial charge in [0.05, 0.1) is 35.1 Å². The molecule has 31 heavy (non-hydrogen) atoms. The van der Waals surface area contributed by atoms with E-state index in [1.807, 2.05) is 25.1 Å². The normalized spacial score (nSPS) is 14.7. The van der Waals surface area contributed by atoms with Crippen LogP contribution in [0.25, 0.3) is 10.2 Å². The van der Waals surface area contributed by atoms with Gasteiger partial charge in [0.15, 0.2) is 5.13 Å². The van der Waals surface area contributed by atoms with Crippen LogP contribution in [-0.2, 0) is 4.74 Å². The van der Waals surface area contributed by atoms with Gasteiger partial charge in [0.25, 0.3) is 5.91 Å². The minimum absolute atomic E-state index is 0.202. The summed E-state index contributed by atoms with van der Waals surface area (Å²) >= 11 is 13.8. The first kappa shape index (κ1) is 22.3. The highest BCUT2D eigenvalue weighted by Crippen LogP contribution is 2.35. The fourth-order valence-corrected chi connectivity index (χ4v) is 4.95. The van der Waals surface area contributed by atoms with Crippen molar-refractivity contribution < 1.29 is 14.3 Å². The summed E-state index contributed by atoms with van der Waals surface area (Å²) in [4.78, 5) is 22.3. The van der Waals surface area contributed by atoms with Gasteiger partial charge in [-0.15, -0.1) is 0 Å². The molecule has 1 aromatic heterocycles. The number of ether oxygens (including phenoxy) is 2. The predicted octanol–water partition coefficient (Wildman–Crippen LogP) is 4.98. The number of fused-ring (bicyclic) bond motifs is 1. The first-order chi connectivity index (χ1) is 15.1. The molecule has 3 aromatic rings. The molecule has 4 rings (SSSR count). The van der Waals surface area contributed by atoms with Crippen LogP contribution in [0.2, 0.25) is 10.0 Å². The number of rotatable bonds is 7. The van der Waals surface area contributed by atoms with Crippen LogP contribution in [0.15, 0.2) is 36.4 Å². The second-order valence-electron chi connectivity index (χ2n) is 7.07. The number of aromatic nitrogens is 1. The van der Waals surface area contributed by atoms with Crippen molar-refractivity contribution in [2.75, 3.05) is 50.9 Å². The molecule has 0 bridgehead atoms. The molecule has 2 heterocycles. The maximum absolute atomic E-state index is 13.5. The molecule has 2 aromatic carbocycles. The minimum Gasteiger partial charge on any atom is -0.492 e. The quantitative estimate of drug-likeness (QED) is 0.478. The highest BCUT2D eigenvalue weighted by atomic mass is 35.5. The van der Waals surface area contributed by atoms with Crippen LogP contribution >= 0.6 is 34.5 Å². The molecule has 1 aliphatic rings. The third-order valence-electron chi connectivity index (χ3n) is 5.05. The van der Waals surface area contributed by atoms with E-state index in [2.05, 4.69) is 4.90 Å². The first-order valence-corrected chi connectivity index (χ1v) is 11.7. The van der Waals surface area contributed by atoms with E-state index in [1.165, 1.54) is 11.3 Å². The summed E-state index contributed by atoms with van der Waals surface area (Å²) in [7, 11) is 0. The van der Waals surface area contributed by atoms with Crippen molar-refractivity contribution in [3.8, 4) is 5.75 Å². The minimum atomic E-state index is -0.202. The SMILES string of the molecule is CCOc1cccc2sc(N(CCN3CCOCC3)C(=O)c3ccc(Cl)cc3Cl)nc12. The Labute approximate surface area is 195 Å². The molecule has 164 valence electrons. The van der Waals surface area contributed by atoms with E-state index in [0.29, 0.717) is 59.4 Å². The lowest BCUT2D eigenvalue weighted by atomic mass is 10.2. The summed E-state index contributed by atoms with van der Waals surface area (Å²) in [5.74, 6) is 0.513. The number of hydrogen-bond donors (Lipinski definition) is 0. The molecule has 0 spiro atoms. The molecule has 0 aliphatic carbocycles. The van der Waals surface area contributed by atoms with Crippen LogP contribution in [0, 0.1) is 0 Å². The molecule has 0 unspecified atom stereocenters. The molecule has 9 heteroatoms. The van der Waals surface area contributed by atoms with Gasteiger partial charge < -0.3 is 9.47 Å². The average molecular weight is 480 g/mol. The van der Waals surface area contributed by atoms with Gasteiger partial charge in [-0.2, -0.15) is 0 Å². The Morgan fingerprint density at radius 1 is 1.26 bits per heavy atom. The van der Waals surface area contributed by atoms with Crippen LogP contribution in [0.4, 0.5) is 5.13 Å². The van der Waals surface area contributed by atoms with Crippen LogP contribution in [-0.4, -0.2) is 61.8 Å². The van der Waals surface area contributed by atoms with Crippen molar-refractivity contribution in [3.63, 3.8) is 0 Å². The second-order valence-corrected chi connectivity index (χ2v) is 8.92. The predicted molar refractivity (Wildman–Crippen MR) is 126 cm³/mol. The Balaban J connectivity index is 1.68. The molecule has 1 saturated heterocycles. The van der Waals surface area contributed by atoms with Crippen LogP contribution in [0.1, 0.15) is 17.3 Å². The Bertz CT molecular complexity index is 1070. The first-order valence-electron chi connectivity index (χ1n) is 10.2. The summed E-state index contributed by atoms with van der Waals surface area (Å²) in [6.45, 7) is 6.79. The zero-order chi connectivity index (χ0) is 21.8. The van der Waals surface area contributed by atoms with E-state index >= 15 is 0 Å². The zero-order valence-electron chi connectivity index (χ0n) is 17.1. The largest absolute Gasteiger partial charge is 0.492 e. The van der Waals surface area contributed by atoms with Gasteiger partial charge in [-0.05, 0) is 37.3 Å². The lowest BCUT2D eigenvalue weighted by molar-refractivity contribution is 0.0391. The van der Waals surface area contributed by atoms with Crippen molar-refractivity contribution >= 4 is 55.8 Å². The maximum Gasteiger partial charge on any atom is 0.261 e. The number of benzene rings is 2. The van der Waals surface area contributed by atoms with E-state index < -0.39 is 0 Å². The molecule has 1 amide bonds. The van der Waals surface area contributed by atoms with Crippen molar-refractivity contribution in [2.45, 2.75) is 6.92 Å². The van der Waals surface area contributed by atoms with E-state index in [1.54, 1.807) is 23.1 Å². The van der Waals surface area contributed by atoms with E-state index in [9.17, 15) is 4.79 Å². The molecule has 1 fully saturated rings. The highest BCUT2D eigenvalue weighted by Gasteiger charge is 2.25. The van der Waals surface area contributed by atoms with E-state index in [0.717, 1.165) is 23.3 Å². The van der Waals surface area contributed by atoms with Gasteiger partial charge in [0, 0.05) is 31.2 Å². The lowest BCUT2D eigenvalue weighted by Gasteiger charge is -2.29. The molecular weight excluding hydrogens is 457 g/mol. The molecule has 1 aliphatic heterocycles. The lowest BCUT2D eigenvalue weighted by Crippen LogP contribution is -2.43. The Morgan fingerprint density at radius 3 is 2.81 bits per heavy atom. The molecule has 0 N–H and O–H groups in total. The Morgan fingerprint density at radius 2 is 2.06 bits per heavy atom. The number of hydrogen-bond acceptors (Lipinski definition) is 6. The van der Waals surface area contributed by atoms with Gasteiger partial charge >= 0.3 is 0 Å². The van der Waals surface area contributed by atoms with Crippen LogP contribution in [0.3, 0.4) is 0 Å². The Hall–Kier alpha value is -1.90. The summed E-state index contributed by atoms with van der Waals surface area (Å²) in [6, 6.07) is 10.7. The number of anilines is 1. The molecule has 0 radical (unpaired) electrons. The third-order valence-corrected chi connectivity index (χ3v) is 6.64. The van der Waals surface area contributed by atoms with Crippen molar-refractivity contribution in [1.29, 1.82) is 0 Å². The summed E-state index contributed by atoms with van der Waals surface area (Å²) in [5.41, 5.74) is 1.16. The molecule has 6 nitrogen and oxygen atoms in total. The number of morpholine rings is 1. The monoisotopic (exact) mass is 479 g/mol. The number of halogens is 2. The zero-order valence-corrected chi connectivity index (χ0v) is 19.5. The third kappa shape index (κ3) is 5.13. The van der Waals surface area contributed by atoms with Crippen molar-refractivity contribution in [3.05, 3.63) is 52.0 Å². The number of carbonyl (C=O) groups excluding carboxylic acids is 1. The van der Waals surface area contributed by atoms with Gasteiger partial charge in [-0.3, -0.25) is 14.6 Å². The fourth-order valence-electron chi connectivity index (χ4n) is 3.46. The maximum atomic E-state index is 13.5. The number of para-hydroxylation sites is 1. The van der Waals surface area contributed by atoms with E-state index in [4.69, 9.17) is 37.7 Å². The number of amides is 1. The topological polar surface area (TPSA) is 54.9 Å².